The highest BCUT2D eigenvalue weighted by atomic mass is 79.9. The van der Waals surface area contributed by atoms with Crippen LogP contribution in [-0.2, 0) is 9.53 Å². The number of hydrogen-bond donors (Lipinski definition) is 2. The van der Waals surface area contributed by atoms with E-state index in [0.29, 0.717) is 0 Å². The maximum absolute atomic E-state index is 13.7. The number of aromatic hydroxyl groups is 1. The van der Waals surface area contributed by atoms with Gasteiger partial charge in [0.25, 0.3) is 0 Å². The number of hydrogen-bond acceptors (Lipinski definition) is 4. The Labute approximate surface area is 115 Å². The molecule has 0 bridgehead atoms. The Kier molecular flexibility index (Phi) is 4.81. The molecule has 0 unspecified atom stereocenters. The van der Waals surface area contributed by atoms with Gasteiger partial charge in [0.05, 0.1) is 16.6 Å². The molecule has 4 nitrogen and oxygen atoms in total. The first-order valence-corrected chi connectivity index (χ1v) is 6.00. The number of carbonyl (C=O) groups is 1. The molecule has 0 aromatic heterocycles. The van der Waals surface area contributed by atoms with E-state index < -0.39 is 35.1 Å². The summed E-state index contributed by atoms with van der Waals surface area (Å²) in [4.78, 5) is 11.1. The molecular weight excluding hydrogens is 331 g/mol. The Bertz CT molecular complexity index is 496. The molecule has 1 aromatic carbocycles. The number of phenols is 1. The topological polar surface area (TPSA) is 72.5 Å². The summed E-state index contributed by atoms with van der Waals surface area (Å²) in [5.74, 6) is -7.95. The molecule has 106 valence electrons. The quantitative estimate of drug-likeness (QED) is 0.825. The van der Waals surface area contributed by atoms with Crippen LogP contribution in [0.5, 0.6) is 5.75 Å². The van der Waals surface area contributed by atoms with Crippen LogP contribution in [0.4, 0.5) is 13.2 Å². The highest BCUT2D eigenvalue weighted by molar-refractivity contribution is 9.10. The van der Waals surface area contributed by atoms with Gasteiger partial charge in [0.2, 0.25) is 0 Å². The minimum Gasteiger partial charge on any atom is -0.506 e. The molecule has 0 aliphatic heterocycles. The van der Waals surface area contributed by atoms with Crippen molar-refractivity contribution in [2.24, 2.45) is 5.73 Å². The summed E-state index contributed by atoms with van der Waals surface area (Å²) in [5.41, 5.74) is 4.35. The Balaban J connectivity index is 3.23. The Hall–Kier alpha value is -1.28. The standard InChI is InChI=1S/C11H11BrF3NO3/c1-2-19-10(18)11(14,15)9(16)7-6(13)4-3-5(12)8(7)17/h3-4,9,17H,2,16H2,1H3/t9-/m1/s1. The largest absolute Gasteiger partial charge is 0.506 e. The molecular formula is C11H11BrF3NO3. The van der Waals surface area contributed by atoms with Gasteiger partial charge in [-0.3, -0.25) is 0 Å². The zero-order chi connectivity index (χ0) is 14.8. The molecule has 0 fully saturated rings. The maximum Gasteiger partial charge on any atom is 0.379 e. The molecule has 0 saturated carbocycles. The van der Waals surface area contributed by atoms with E-state index in [0.717, 1.165) is 12.1 Å². The highest BCUT2D eigenvalue weighted by Crippen LogP contribution is 2.39. The SMILES string of the molecule is CCOC(=O)C(F)(F)[C@H](N)c1c(F)ccc(Br)c1O. The van der Waals surface area contributed by atoms with Crippen LogP contribution in [0.15, 0.2) is 16.6 Å². The maximum atomic E-state index is 13.7. The van der Waals surface area contributed by atoms with Gasteiger partial charge in [0.15, 0.2) is 0 Å². The number of carbonyl (C=O) groups excluding carboxylic acids is 1. The van der Waals surface area contributed by atoms with Crippen molar-refractivity contribution in [3.8, 4) is 5.75 Å². The number of phenolic OH excluding ortho intramolecular Hbond substituents is 1. The van der Waals surface area contributed by atoms with Gasteiger partial charge in [-0.25, -0.2) is 9.18 Å². The van der Waals surface area contributed by atoms with Crippen molar-refractivity contribution in [2.75, 3.05) is 6.61 Å². The lowest BCUT2D eigenvalue weighted by atomic mass is 10.00. The number of rotatable bonds is 4. The fraction of sp³-hybridized carbons (Fsp3) is 0.364. The molecule has 1 atom stereocenters. The molecule has 0 spiro atoms. The first-order chi connectivity index (χ1) is 8.73. The van der Waals surface area contributed by atoms with Crippen LogP contribution in [0.3, 0.4) is 0 Å². The molecule has 0 heterocycles. The second-order valence-electron chi connectivity index (χ2n) is 3.61. The zero-order valence-electron chi connectivity index (χ0n) is 9.79. The lowest BCUT2D eigenvalue weighted by molar-refractivity contribution is -0.175. The first kappa shape index (κ1) is 15.8. The van der Waals surface area contributed by atoms with Crippen LogP contribution in [0, 0.1) is 5.82 Å². The van der Waals surface area contributed by atoms with Crippen LogP contribution in [-0.4, -0.2) is 23.6 Å². The zero-order valence-corrected chi connectivity index (χ0v) is 11.4. The summed E-state index contributed by atoms with van der Waals surface area (Å²) in [7, 11) is 0. The summed E-state index contributed by atoms with van der Waals surface area (Å²) in [6.45, 7) is 1.07. The average Bonchev–Trinajstić information content (AvgIpc) is 2.34. The van der Waals surface area contributed by atoms with Crippen LogP contribution >= 0.6 is 15.9 Å². The van der Waals surface area contributed by atoms with Crippen molar-refractivity contribution in [2.45, 2.75) is 18.9 Å². The van der Waals surface area contributed by atoms with Crippen LogP contribution in [0.2, 0.25) is 0 Å². The number of nitrogens with two attached hydrogens (primary N) is 1. The summed E-state index contributed by atoms with van der Waals surface area (Å²) in [6, 6.07) is -0.382. The minimum atomic E-state index is -4.16. The van der Waals surface area contributed by atoms with Crippen molar-refractivity contribution in [1.29, 1.82) is 0 Å². The Morgan fingerprint density at radius 3 is 2.68 bits per heavy atom. The van der Waals surface area contributed by atoms with Crippen LogP contribution < -0.4 is 5.73 Å². The van der Waals surface area contributed by atoms with Crippen molar-refractivity contribution >= 4 is 21.9 Å². The summed E-state index contributed by atoms with van der Waals surface area (Å²) >= 11 is 2.85. The van der Waals surface area contributed by atoms with E-state index in [4.69, 9.17) is 5.73 Å². The molecule has 0 aliphatic rings. The normalized spacial score (nSPS) is 13.2. The third-order valence-electron chi connectivity index (χ3n) is 2.36. The third-order valence-corrected chi connectivity index (χ3v) is 3.00. The number of halogens is 4. The van der Waals surface area contributed by atoms with Gasteiger partial charge in [0, 0.05) is 0 Å². The smallest absolute Gasteiger partial charge is 0.379 e. The fourth-order valence-electron chi connectivity index (χ4n) is 1.39. The van der Waals surface area contributed by atoms with E-state index in [9.17, 15) is 23.1 Å². The van der Waals surface area contributed by atoms with Crippen LogP contribution in [0.1, 0.15) is 18.5 Å². The molecule has 0 amide bonds. The number of benzene rings is 1. The van der Waals surface area contributed by atoms with E-state index in [1.807, 2.05) is 0 Å². The molecule has 1 aromatic rings. The van der Waals surface area contributed by atoms with E-state index in [-0.39, 0.29) is 11.1 Å². The predicted molar refractivity (Wildman–Crippen MR) is 64.3 cm³/mol. The minimum absolute atomic E-state index is 0.0148. The highest BCUT2D eigenvalue weighted by Gasteiger charge is 2.49. The van der Waals surface area contributed by atoms with E-state index in [2.05, 4.69) is 20.7 Å². The Morgan fingerprint density at radius 1 is 1.58 bits per heavy atom. The summed E-state index contributed by atoms with van der Waals surface area (Å²) in [6.07, 6.45) is 0. The second-order valence-corrected chi connectivity index (χ2v) is 4.47. The second kappa shape index (κ2) is 5.79. The van der Waals surface area contributed by atoms with E-state index in [1.165, 1.54) is 6.92 Å². The molecule has 1 rings (SSSR count). The summed E-state index contributed by atoms with van der Waals surface area (Å²) in [5, 5.41) is 9.57. The number of ether oxygens (including phenoxy) is 1. The van der Waals surface area contributed by atoms with Crippen LogP contribution in [0.25, 0.3) is 0 Å². The van der Waals surface area contributed by atoms with Crippen molar-refractivity contribution in [1.82, 2.24) is 0 Å². The molecule has 19 heavy (non-hydrogen) atoms. The van der Waals surface area contributed by atoms with Crippen molar-refractivity contribution in [3.05, 3.63) is 28.0 Å². The lowest BCUT2D eigenvalue weighted by Gasteiger charge is -2.23. The molecule has 0 aliphatic carbocycles. The van der Waals surface area contributed by atoms with E-state index >= 15 is 0 Å². The van der Waals surface area contributed by atoms with Gasteiger partial charge in [-0.15, -0.1) is 0 Å². The van der Waals surface area contributed by atoms with Gasteiger partial charge in [-0.2, -0.15) is 8.78 Å². The van der Waals surface area contributed by atoms with Gasteiger partial charge in [-0.05, 0) is 35.0 Å². The number of alkyl halides is 2. The lowest BCUT2D eigenvalue weighted by Crippen LogP contribution is -2.42. The predicted octanol–water partition coefficient (Wildman–Crippen LogP) is 2.49. The third kappa shape index (κ3) is 3.01. The molecule has 3 N–H and O–H groups in total. The van der Waals surface area contributed by atoms with Crippen molar-refractivity contribution < 1.29 is 27.8 Å². The van der Waals surface area contributed by atoms with Crippen molar-refractivity contribution in [3.63, 3.8) is 0 Å². The molecule has 0 saturated heterocycles. The monoisotopic (exact) mass is 341 g/mol. The first-order valence-electron chi connectivity index (χ1n) is 5.20. The average molecular weight is 342 g/mol. The van der Waals surface area contributed by atoms with Gasteiger partial charge in [0.1, 0.15) is 17.6 Å². The van der Waals surface area contributed by atoms with Gasteiger partial charge >= 0.3 is 11.9 Å². The molecule has 0 radical (unpaired) electrons. The Morgan fingerprint density at radius 2 is 2.16 bits per heavy atom. The fourth-order valence-corrected chi connectivity index (χ4v) is 1.73. The molecule has 8 heteroatoms. The van der Waals surface area contributed by atoms with E-state index in [1.54, 1.807) is 0 Å². The van der Waals surface area contributed by atoms with Gasteiger partial charge < -0.3 is 15.6 Å². The number of esters is 1. The van der Waals surface area contributed by atoms with Gasteiger partial charge in [-0.1, -0.05) is 0 Å². The summed E-state index contributed by atoms with van der Waals surface area (Å²) < 4.78 is 45.0.